The lowest BCUT2D eigenvalue weighted by molar-refractivity contribution is 0.0933. The lowest BCUT2D eigenvalue weighted by Crippen LogP contribution is -2.25. The Morgan fingerprint density at radius 1 is 1.61 bits per heavy atom. The number of aryl methyl sites for hydroxylation is 1. The molecule has 0 saturated heterocycles. The zero-order valence-corrected chi connectivity index (χ0v) is 9.92. The molecule has 0 aliphatic carbocycles. The van der Waals surface area contributed by atoms with Crippen LogP contribution in [0.15, 0.2) is 33.6 Å². The largest absolute Gasteiger partial charge is 0.472 e. The Labute approximate surface area is 104 Å². The summed E-state index contributed by atoms with van der Waals surface area (Å²) in [6.07, 6.45) is 2.73. The van der Waals surface area contributed by atoms with Crippen LogP contribution in [0.2, 0.25) is 0 Å². The molecule has 6 nitrogen and oxygen atoms in total. The quantitative estimate of drug-likeness (QED) is 0.838. The highest BCUT2D eigenvalue weighted by Crippen LogP contribution is 2.15. The van der Waals surface area contributed by atoms with E-state index in [1.807, 2.05) is 0 Å². The zero-order chi connectivity index (χ0) is 13.0. The fourth-order valence-electron chi connectivity index (χ4n) is 1.52. The van der Waals surface area contributed by atoms with Crippen LogP contribution in [0.1, 0.15) is 34.3 Å². The number of rotatable bonds is 5. The summed E-state index contributed by atoms with van der Waals surface area (Å²) >= 11 is 0. The van der Waals surface area contributed by atoms with E-state index in [9.17, 15) is 9.90 Å². The fourth-order valence-corrected chi connectivity index (χ4v) is 1.52. The van der Waals surface area contributed by atoms with E-state index in [0.29, 0.717) is 24.3 Å². The van der Waals surface area contributed by atoms with E-state index in [2.05, 4.69) is 10.5 Å². The minimum atomic E-state index is -0.650. The van der Waals surface area contributed by atoms with E-state index in [0.717, 1.165) is 0 Å². The molecule has 1 atom stereocenters. The number of aliphatic hydroxyl groups is 1. The Balaban J connectivity index is 1.77. The van der Waals surface area contributed by atoms with E-state index in [1.54, 1.807) is 19.1 Å². The molecule has 0 fully saturated rings. The third-order valence-electron chi connectivity index (χ3n) is 2.49. The SMILES string of the molecule is Cc1cc(C(=O)NCC[C@@H](O)c2ccoc2)no1. The molecule has 96 valence electrons. The van der Waals surface area contributed by atoms with Gasteiger partial charge in [0.15, 0.2) is 5.69 Å². The normalized spacial score (nSPS) is 12.3. The van der Waals surface area contributed by atoms with E-state index in [1.165, 1.54) is 12.5 Å². The highest BCUT2D eigenvalue weighted by molar-refractivity contribution is 5.92. The molecule has 0 aliphatic heterocycles. The summed E-state index contributed by atoms with van der Waals surface area (Å²) in [4.78, 5) is 11.6. The Bertz CT molecular complexity index is 504. The predicted molar refractivity (Wildman–Crippen MR) is 61.9 cm³/mol. The Hall–Kier alpha value is -2.08. The van der Waals surface area contributed by atoms with Crippen LogP contribution in [0.3, 0.4) is 0 Å². The van der Waals surface area contributed by atoms with Gasteiger partial charge in [-0.3, -0.25) is 4.79 Å². The highest BCUT2D eigenvalue weighted by Gasteiger charge is 2.12. The van der Waals surface area contributed by atoms with Crippen LogP contribution in [0.25, 0.3) is 0 Å². The molecule has 18 heavy (non-hydrogen) atoms. The fraction of sp³-hybridized carbons (Fsp3) is 0.333. The average Bonchev–Trinajstić information content (AvgIpc) is 2.99. The van der Waals surface area contributed by atoms with Crippen molar-refractivity contribution in [3.8, 4) is 0 Å². The van der Waals surface area contributed by atoms with Gasteiger partial charge in [-0.05, 0) is 19.4 Å². The summed E-state index contributed by atoms with van der Waals surface area (Å²) < 4.78 is 9.66. The summed E-state index contributed by atoms with van der Waals surface area (Å²) in [6.45, 7) is 2.06. The van der Waals surface area contributed by atoms with Gasteiger partial charge in [0.25, 0.3) is 5.91 Å². The molecule has 0 unspecified atom stereocenters. The van der Waals surface area contributed by atoms with Crippen molar-refractivity contribution in [2.24, 2.45) is 0 Å². The standard InChI is InChI=1S/C12H14N2O4/c1-8-6-10(14-18-8)12(16)13-4-2-11(15)9-3-5-17-7-9/h3,5-7,11,15H,2,4H2,1H3,(H,13,16)/t11-/m1/s1. The van der Waals surface area contributed by atoms with E-state index in [-0.39, 0.29) is 11.6 Å². The number of furan rings is 1. The number of amides is 1. The monoisotopic (exact) mass is 250 g/mol. The first-order chi connectivity index (χ1) is 8.66. The first-order valence-electron chi connectivity index (χ1n) is 5.58. The number of aliphatic hydroxyl groups excluding tert-OH is 1. The number of carbonyl (C=O) groups is 1. The Kier molecular flexibility index (Phi) is 3.78. The van der Waals surface area contributed by atoms with Crippen LogP contribution in [0.5, 0.6) is 0 Å². The molecule has 0 bridgehead atoms. The number of hydrogen-bond donors (Lipinski definition) is 2. The topological polar surface area (TPSA) is 88.5 Å². The molecule has 2 aromatic heterocycles. The molecule has 2 rings (SSSR count). The van der Waals surface area contributed by atoms with Crippen molar-refractivity contribution in [3.05, 3.63) is 41.7 Å². The molecule has 6 heteroatoms. The Morgan fingerprint density at radius 2 is 2.44 bits per heavy atom. The summed E-state index contributed by atoms with van der Waals surface area (Å²) in [7, 11) is 0. The number of nitrogens with one attached hydrogen (secondary N) is 1. The molecule has 2 aromatic rings. The Morgan fingerprint density at radius 3 is 3.06 bits per heavy atom. The molecule has 0 saturated carbocycles. The predicted octanol–water partition coefficient (Wildman–Crippen LogP) is 1.43. The third-order valence-corrected chi connectivity index (χ3v) is 2.49. The van der Waals surface area contributed by atoms with Gasteiger partial charge < -0.3 is 19.4 Å². The van der Waals surface area contributed by atoms with Gasteiger partial charge in [0.05, 0.1) is 18.6 Å². The van der Waals surface area contributed by atoms with Crippen molar-refractivity contribution in [3.63, 3.8) is 0 Å². The molecular weight excluding hydrogens is 236 g/mol. The van der Waals surface area contributed by atoms with Gasteiger partial charge in [-0.25, -0.2) is 0 Å². The molecule has 0 spiro atoms. The van der Waals surface area contributed by atoms with Crippen molar-refractivity contribution in [1.29, 1.82) is 0 Å². The van der Waals surface area contributed by atoms with Crippen molar-refractivity contribution < 1.29 is 18.8 Å². The maximum Gasteiger partial charge on any atom is 0.273 e. The van der Waals surface area contributed by atoms with E-state index < -0.39 is 6.10 Å². The van der Waals surface area contributed by atoms with Crippen LogP contribution >= 0.6 is 0 Å². The smallest absolute Gasteiger partial charge is 0.273 e. The number of hydrogen-bond acceptors (Lipinski definition) is 5. The second kappa shape index (κ2) is 5.50. The van der Waals surface area contributed by atoms with Gasteiger partial charge in [-0.1, -0.05) is 5.16 Å². The van der Waals surface area contributed by atoms with Gasteiger partial charge in [0.2, 0.25) is 0 Å². The number of aromatic nitrogens is 1. The van der Waals surface area contributed by atoms with Crippen LogP contribution < -0.4 is 5.32 Å². The van der Waals surface area contributed by atoms with Crippen molar-refractivity contribution in [1.82, 2.24) is 10.5 Å². The minimum absolute atomic E-state index is 0.241. The third kappa shape index (κ3) is 2.98. The second-order valence-electron chi connectivity index (χ2n) is 3.94. The molecular formula is C12H14N2O4. The summed E-state index contributed by atoms with van der Waals surface area (Å²) in [5, 5.41) is 16.0. The van der Waals surface area contributed by atoms with Crippen LogP contribution in [0.4, 0.5) is 0 Å². The van der Waals surface area contributed by atoms with Gasteiger partial charge in [-0.15, -0.1) is 0 Å². The van der Waals surface area contributed by atoms with Crippen LogP contribution in [0, 0.1) is 6.92 Å². The van der Waals surface area contributed by atoms with Crippen LogP contribution in [-0.4, -0.2) is 22.7 Å². The average molecular weight is 250 g/mol. The van der Waals surface area contributed by atoms with Crippen molar-refractivity contribution >= 4 is 5.91 Å². The first kappa shape index (κ1) is 12.4. The summed E-state index contributed by atoms with van der Waals surface area (Å²) in [5.41, 5.74) is 0.937. The summed E-state index contributed by atoms with van der Waals surface area (Å²) in [5.74, 6) is 0.268. The van der Waals surface area contributed by atoms with Crippen LogP contribution in [-0.2, 0) is 0 Å². The zero-order valence-electron chi connectivity index (χ0n) is 9.92. The second-order valence-corrected chi connectivity index (χ2v) is 3.94. The molecule has 2 N–H and O–H groups in total. The molecule has 0 radical (unpaired) electrons. The van der Waals surface area contributed by atoms with E-state index >= 15 is 0 Å². The maximum absolute atomic E-state index is 11.6. The minimum Gasteiger partial charge on any atom is -0.472 e. The molecule has 0 aromatic carbocycles. The van der Waals surface area contributed by atoms with Gasteiger partial charge in [0.1, 0.15) is 5.76 Å². The maximum atomic E-state index is 11.6. The molecule has 1 amide bonds. The van der Waals surface area contributed by atoms with Crippen molar-refractivity contribution in [2.75, 3.05) is 6.54 Å². The molecule has 0 aliphatic rings. The lowest BCUT2D eigenvalue weighted by atomic mass is 10.1. The van der Waals surface area contributed by atoms with E-state index in [4.69, 9.17) is 8.94 Å². The lowest BCUT2D eigenvalue weighted by Gasteiger charge is -2.08. The van der Waals surface area contributed by atoms with Gasteiger partial charge in [-0.2, -0.15) is 0 Å². The first-order valence-corrected chi connectivity index (χ1v) is 5.58. The van der Waals surface area contributed by atoms with Crippen molar-refractivity contribution in [2.45, 2.75) is 19.4 Å². The van der Waals surface area contributed by atoms with Gasteiger partial charge >= 0.3 is 0 Å². The molecule has 2 heterocycles. The number of carbonyl (C=O) groups excluding carboxylic acids is 1. The number of nitrogens with zero attached hydrogens (tertiary/aromatic N) is 1. The summed E-state index contributed by atoms with van der Waals surface area (Å²) in [6, 6.07) is 3.25. The van der Waals surface area contributed by atoms with Gasteiger partial charge in [0, 0.05) is 18.2 Å². The highest BCUT2D eigenvalue weighted by atomic mass is 16.5.